The Hall–Kier alpha value is -2.85. The number of aromatic nitrogens is 2. The lowest BCUT2D eigenvalue weighted by molar-refractivity contribution is 0.290. The van der Waals surface area contributed by atoms with Crippen LogP contribution in [0.2, 0.25) is 0 Å². The minimum absolute atomic E-state index is 0.0966. The number of sulfonamides is 1. The Kier molecular flexibility index (Phi) is 5.52. The molecule has 0 atom stereocenters. The van der Waals surface area contributed by atoms with E-state index in [9.17, 15) is 17.2 Å². The molecule has 0 N–H and O–H groups in total. The quantitative estimate of drug-likeness (QED) is 0.609. The molecule has 0 aliphatic carbocycles. The second kappa shape index (κ2) is 8.11. The second-order valence-electron chi connectivity index (χ2n) is 6.93. The Morgan fingerprint density at radius 3 is 2.37 bits per heavy atom. The van der Waals surface area contributed by atoms with Gasteiger partial charge in [0.2, 0.25) is 21.8 Å². The fourth-order valence-electron chi connectivity index (χ4n) is 3.44. The molecular formula is C20H19F2N3O4S. The molecular weight excluding hydrogens is 416 g/mol. The van der Waals surface area contributed by atoms with E-state index in [-0.39, 0.29) is 41.4 Å². The molecule has 0 unspecified atom stereocenters. The average molecular weight is 435 g/mol. The summed E-state index contributed by atoms with van der Waals surface area (Å²) in [5.74, 6) is -0.323. The van der Waals surface area contributed by atoms with Crippen molar-refractivity contribution in [3.05, 3.63) is 60.0 Å². The summed E-state index contributed by atoms with van der Waals surface area (Å²) >= 11 is 0. The molecule has 0 bridgehead atoms. The first-order valence-electron chi connectivity index (χ1n) is 9.31. The highest BCUT2D eigenvalue weighted by molar-refractivity contribution is 7.89. The summed E-state index contributed by atoms with van der Waals surface area (Å²) in [5.41, 5.74) is 0.605. The molecule has 1 fully saturated rings. The van der Waals surface area contributed by atoms with Crippen molar-refractivity contribution in [2.24, 2.45) is 0 Å². The highest BCUT2D eigenvalue weighted by Crippen LogP contribution is 2.34. The van der Waals surface area contributed by atoms with Crippen molar-refractivity contribution in [3.63, 3.8) is 0 Å². The van der Waals surface area contributed by atoms with Crippen LogP contribution in [-0.2, 0) is 10.0 Å². The van der Waals surface area contributed by atoms with Crippen LogP contribution < -0.4 is 4.74 Å². The van der Waals surface area contributed by atoms with Crippen molar-refractivity contribution in [1.29, 1.82) is 0 Å². The van der Waals surface area contributed by atoms with Crippen LogP contribution >= 0.6 is 0 Å². The van der Waals surface area contributed by atoms with E-state index in [1.54, 1.807) is 12.1 Å². The number of benzene rings is 2. The Morgan fingerprint density at radius 1 is 1.03 bits per heavy atom. The molecule has 0 radical (unpaired) electrons. The normalized spacial score (nSPS) is 16.0. The minimum atomic E-state index is -3.91. The number of piperidine rings is 1. The first kappa shape index (κ1) is 20.4. The van der Waals surface area contributed by atoms with Gasteiger partial charge in [-0.1, -0.05) is 0 Å². The lowest BCUT2D eigenvalue weighted by Crippen LogP contribution is -2.38. The van der Waals surface area contributed by atoms with Crippen LogP contribution in [0.15, 0.2) is 51.8 Å². The average Bonchev–Trinajstić information content (AvgIpc) is 3.24. The number of nitrogens with zero attached hydrogens (tertiary/aromatic N) is 3. The smallest absolute Gasteiger partial charge is 0.247 e. The van der Waals surface area contributed by atoms with Crippen molar-refractivity contribution < 1.29 is 26.4 Å². The highest BCUT2D eigenvalue weighted by atomic mass is 32.2. The zero-order valence-corrected chi connectivity index (χ0v) is 16.9. The van der Waals surface area contributed by atoms with Gasteiger partial charge in [-0.3, -0.25) is 0 Å². The van der Waals surface area contributed by atoms with Crippen LogP contribution in [0.4, 0.5) is 8.78 Å². The monoisotopic (exact) mass is 435 g/mol. The van der Waals surface area contributed by atoms with E-state index in [4.69, 9.17) is 9.15 Å². The summed E-state index contributed by atoms with van der Waals surface area (Å²) in [6.07, 6.45) is 0.948. The van der Waals surface area contributed by atoms with Crippen molar-refractivity contribution in [2.45, 2.75) is 23.7 Å². The van der Waals surface area contributed by atoms with Crippen molar-refractivity contribution >= 4 is 10.0 Å². The van der Waals surface area contributed by atoms with E-state index in [1.807, 2.05) is 0 Å². The number of hydrogen-bond acceptors (Lipinski definition) is 6. The number of hydrogen-bond donors (Lipinski definition) is 0. The Bertz CT molecular complexity index is 1140. The number of ether oxygens (including phenoxy) is 1. The molecule has 158 valence electrons. The van der Waals surface area contributed by atoms with E-state index in [0.717, 1.165) is 12.1 Å². The minimum Gasteiger partial charge on any atom is -0.495 e. The maximum Gasteiger partial charge on any atom is 0.247 e. The third-order valence-corrected chi connectivity index (χ3v) is 7.00. The molecule has 4 rings (SSSR count). The summed E-state index contributed by atoms with van der Waals surface area (Å²) in [5, 5.41) is 8.08. The first-order chi connectivity index (χ1) is 14.4. The number of halogens is 2. The molecule has 1 aliphatic rings. The van der Waals surface area contributed by atoms with Crippen LogP contribution in [-0.4, -0.2) is 43.1 Å². The van der Waals surface area contributed by atoms with Gasteiger partial charge in [-0.2, -0.15) is 4.31 Å². The maximum atomic E-state index is 13.6. The fourth-order valence-corrected chi connectivity index (χ4v) is 5.08. The molecule has 10 heteroatoms. The Balaban J connectivity index is 1.48. The zero-order chi connectivity index (χ0) is 21.3. The van der Waals surface area contributed by atoms with Crippen molar-refractivity contribution in [2.75, 3.05) is 20.2 Å². The molecule has 2 heterocycles. The van der Waals surface area contributed by atoms with Gasteiger partial charge in [0, 0.05) is 24.6 Å². The highest BCUT2D eigenvalue weighted by Gasteiger charge is 2.34. The predicted molar refractivity (Wildman–Crippen MR) is 103 cm³/mol. The van der Waals surface area contributed by atoms with Gasteiger partial charge in [0.25, 0.3) is 0 Å². The van der Waals surface area contributed by atoms with Gasteiger partial charge in [0.15, 0.2) is 0 Å². The van der Waals surface area contributed by atoms with Gasteiger partial charge in [0.1, 0.15) is 22.3 Å². The third kappa shape index (κ3) is 3.92. The lowest BCUT2D eigenvalue weighted by Gasteiger charge is -2.30. The van der Waals surface area contributed by atoms with Gasteiger partial charge >= 0.3 is 0 Å². The summed E-state index contributed by atoms with van der Waals surface area (Å²) in [6.45, 7) is 0.446. The molecule has 30 heavy (non-hydrogen) atoms. The second-order valence-corrected chi connectivity index (χ2v) is 8.83. The molecule has 3 aromatic rings. The van der Waals surface area contributed by atoms with Gasteiger partial charge in [0.05, 0.1) is 7.11 Å². The molecule has 7 nitrogen and oxygen atoms in total. The van der Waals surface area contributed by atoms with Crippen molar-refractivity contribution in [3.8, 4) is 17.2 Å². The Labute approximate surface area is 172 Å². The van der Waals surface area contributed by atoms with Gasteiger partial charge in [-0.05, 0) is 55.3 Å². The van der Waals surface area contributed by atoms with Crippen LogP contribution in [0.25, 0.3) is 11.5 Å². The number of methoxy groups -OCH3 is 1. The fraction of sp³-hybridized carbons (Fsp3) is 0.300. The molecule has 1 saturated heterocycles. The van der Waals surface area contributed by atoms with Gasteiger partial charge < -0.3 is 9.15 Å². The summed E-state index contributed by atoms with van der Waals surface area (Å²) in [7, 11) is -2.57. The third-order valence-electron chi connectivity index (χ3n) is 5.08. The topological polar surface area (TPSA) is 85.5 Å². The standard InChI is InChI=1S/C20H19F2N3O4S/c1-28-17-7-6-16(22)12-18(17)30(26,27)25-10-8-14(9-11-25)20-24-23-19(29-20)13-2-4-15(21)5-3-13/h2-7,12,14H,8-11H2,1H3. The lowest BCUT2D eigenvalue weighted by atomic mass is 9.98. The van der Waals surface area contributed by atoms with E-state index in [0.29, 0.717) is 24.3 Å². The van der Waals surface area contributed by atoms with E-state index < -0.39 is 15.8 Å². The van der Waals surface area contributed by atoms with Crippen LogP contribution in [0, 0.1) is 11.6 Å². The molecule has 0 spiro atoms. The van der Waals surface area contributed by atoms with Crippen LogP contribution in [0.1, 0.15) is 24.7 Å². The molecule has 0 amide bonds. The predicted octanol–water partition coefficient (Wildman–Crippen LogP) is 3.59. The Morgan fingerprint density at radius 2 is 1.70 bits per heavy atom. The van der Waals surface area contributed by atoms with Crippen molar-refractivity contribution in [1.82, 2.24) is 14.5 Å². The zero-order valence-electron chi connectivity index (χ0n) is 16.1. The maximum absolute atomic E-state index is 13.6. The summed E-state index contributed by atoms with van der Waals surface area (Å²) in [6, 6.07) is 9.13. The van der Waals surface area contributed by atoms with E-state index in [2.05, 4.69) is 10.2 Å². The summed E-state index contributed by atoms with van der Waals surface area (Å²) < 4.78 is 64.8. The van der Waals surface area contributed by atoms with E-state index >= 15 is 0 Å². The molecule has 2 aromatic carbocycles. The number of rotatable bonds is 5. The first-order valence-corrected chi connectivity index (χ1v) is 10.8. The van der Waals surface area contributed by atoms with Gasteiger partial charge in [-0.15, -0.1) is 10.2 Å². The summed E-state index contributed by atoms with van der Waals surface area (Å²) in [4.78, 5) is -0.195. The van der Waals surface area contributed by atoms with E-state index in [1.165, 1.54) is 29.6 Å². The largest absolute Gasteiger partial charge is 0.495 e. The molecule has 0 saturated carbocycles. The SMILES string of the molecule is COc1ccc(F)cc1S(=O)(=O)N1CCC(c2nnc(-c3ccc(F)cc3)o2)CC1. The molecule has 1 aromatic heterocycles. The molecule has 1 aliphatic heterocycles. The van der Waals surface area contributed by atoms with Crippen LogP contribution in [0.3, 0.4) is 0 Å². The van der Waals surface area contributed by atoms with Crippen LogP contribution in [0.5, 0.6) is 5.75 Å². The van der Waals surface area contributed by atoms with Gasteiger partial charge in [-0.25, -0.2) is 17.2 Å².